The molecule has 6 nitrogen and oxygen atoms in total. The predicted molar refractivity (Wildman–Crippen MR) is 61.2 cm³/mol. The highest BCUT2D eigenvalue weighted by atomic mass is 16.4. The maximum absolute atomic E-state index is 11.8. The van der Waals surface area contributed by atoms with Crippen LogP contribution in [0.2, 0.25) is 0 Å². The summed E-state index contributed by atoms with van der Waals surface area (Å²) >= 11 is 0. The largest absolute Gasteiger partial charge is 0.409 e. The Morgan fingerprint density at radius 2 is 2.44 bits per heavy atom. The first-order chi connectivity index (χ1) is 7.58. The van der Waals surface area contributed by atoms with E-state index in [-0.39, 0.29) is 17.8 Å². The lowest BCUT2D eigenvalue weighted by molar-refractivity contribution is -0.123. The Kier molecular flexibility index (Phi) is 4.54. The van der Waals surface area contributed by atoms with Crippen molar-refractivity contribution in [3.63, 3.8) is 0 Å². The molecule has 1 fully saturated rings. The molecule has 1 rings (SSSR count). The lowest BCUT2D eigenvalue weighted by atomic mass is 10.0. The number of hydrogen-bond acceptors (Lipinski definition) is 4. The molecule has 4 N–H and O–H groups in total. The van der Waals surface area contributed by atoms with E-state index in [1.165, 1.54) is 0 Å². The van der Waals surface area contributed by atoms with Crippen LogP contribution in [-0.4, -0.2) is 48.0 Å². The summed E-state index contributed by atoms with van der Waals surface area (Å²) in [5, 5.41) is 14.4. The number of amidine groups is 1. The zero-order chi connectivity index (χ0) is 12.1. The van der Waals surface area contributed by atoms with Crippen LogP contribution in [0.1, 0.15) is 19.8 Å². The van der Waals surface area contributed by atoms with Gasteiger partial charge in [0.15, 0.2) is 5.84 Å². The molecule has 2 unspecified atom stereocenters. The van der Waals surface area contributed by atoms with Gasteiger partial charge in [0.2, 0.25) is 5.91 Å². The van der Waals surface area contributed by atoms with Crippen molar-refractivity contribution in [2.45, 2.75) is 25.8 Å². The Balaban J connectivity index is 2.50. The first kappa shape index (κ1) is 12.8. The quantitative estimate of drug-likeness (QED) is 0.264. The number of likely N-dealkylation sites (tertiary alicyclic amines) is 1. The summed E-state index contributed by atoms with van der Waals surface area (Å²) in [6.07, 6.45) is 1.49. The summed E-state index contributed by atoms with van der Waals surface area (Å²) < 4.78 is 0. The van der Waals surface area contributed by atoms with Crippen LogP contribution in [0.4, 0.5) is 0 Å². The minimum atomic E-state index is -0.532. The molecule has 0 aliphatic carbocycles. The minimum Gasteiger partial charge on any atom is -0.409 e. The highest BCUT2D eigenvalue weighted by Gasteiger charge is 2.26. The van der Waals surface area contributed by atoms with Gasteiger partial charge in [-0.25, -0.2) is 0 Å². The number of carbonyl (C=O) groups excluding carboxylic acids is 1. The van der Waals surface area contributed by atoms with Gasteiger partial charge in [-0.15, -0.1) is 0 Å². The topological polar surface area (TPSA) is 91.0 Å². The molecule has 6 heteroatoms. The number of oxime groups is 1. The lowest BCUT2D eigenvalue weighted by Gasteiger charge is -2.17. The number of carbonyl (C=O) groups is 1. The van der Waals surface area contributed by atoms with E-state index >= 15 is 0 Å². The van der Waals surface area contributed by atoms with Gasteiger partial charge in [0.05, 0.1) is 5.92 Å². The monoisotopic (exact) mass is 228 g/mol. The smallest absolute Gasteiger partial charge is 0.231 e. The van der Waals surface area contributed by atoms with Gasteiger partial charge in [0, 0.05) is 12.6 Å². The molecule has 0 spiro atoms. The number of amides is 1. The van der Waals surface area contributed by atoms with Crippen molar-refractivity contribution in [1.82, 2.24) is 10.2 Å². The molecule has 2 atom stereocenters. The number of nitrogens with two attached hydrogens (primary N) is 1. The SMILES string of the molecule is CCC(C(=O)NC1CCN(C)C1)C(N)=NO. The van der Waals surface area contributed by atoms with Crippen molar-refractivity contribution >= 4 is 11.7 Å². The van der Waals surface area contributed by atoms with E-state index in [0.717, 1.165) is 19.5 Å². The Hall–Kier alpha value is -1.30. The van der Waals surface area contributed by atoms with Gasteiger partial charge in [-0.05, 0) is 26.4 Å². The van der Waals surface area contributed by atoms with Crippen LogP contribution < -0.4 is 11.1 Å². The van der Waals surface area contributed by atoms with Crippen molar-refractivity contribution in [1.29, 1.82) is 0 Å². The van der Waals surface area contributed by atoms with Crippen molar-refractivity contribution in [3.05, 3.63) is 0 Å². The standard InChI is InChI=1S/C10H20N4O2/c1-3-8(9(11)13-16)10(15)12-7-4-5-14(2)6-7/h7-8,16H,3-6H2,1-2H3,(H2,11,13)(H,12,15). The fraction of sp³-hybridized carbons (Fsp3) is 0.800. The fourth-order valence-corrected chi connectivity index (χ4v) is 1.95. The first-order valence-corrected chi connectivity index (χ1v) is 5.54. The fourth-order valence-electron chi connectivity index (χ4n) is 1.95. The highest BCUT2D eigenvalue weighted by molar-refractivity contribution is 6.02. The van der Waals surface area contributed by atoms with Gasteiger partial charge in [-0.1, -0.05) is 12.1 Å². The van der Waals surface area contributed by atoms with E-state index in [1.807, 2.05) is 14.0 Å². The Labute approximate surface area is 95.5 Å². The molecule has 16 heavy (non-hydrogen) atoms. The van der Waals surface area contributed by atoms with Gasteiger partial charge in [-0.2, -0.15) is 0 Å². The second kappa shape index (κ2) is 5.69. The summed E-state index contributed by atoms with van der Waals surface area (Å²) in [7, 11) is 2.02. The molecule has 1 aliphatic rings. The van der Waals surface area contributed by atoms with E-state index in [2.05, 4.69) is 15.4 Å². The average molecular weight is 228 g/mol. The van der Waals surface area contributed by atoms with Crippen molar-refractivity contribution in [2.24, 2.45) is 16.8 Å². The van der Waals surface area contributed by atoms with Gasteiger partial charge in [0.1, 0.15) is 0 Å². The number of nitrogens with zero attached hydrogens (tertiary/aromatic N) is 2. The third-order valence-electron chi connectivity index (χ3n) is 2.93. The van der Waals surface area contributed by atoms with Crippen LogP contribution in [0, 0.1) is 5.92 Å². The molecular formula is C10H20N4O2. The van der Waals surface area contributed by atoms with Crippen molar-refractivity contribution < 1.29 is 10.0 Å². The maximum Gasteiger partial charge on any atom is 0.231 e. The summed E-state index contributed by atoms with van der Waals surface area (Å²) in [6, 6.07) is 0.179. The van der Waals surface area contributed by atoms with E-state index < -0.39 is 5.92 Å². The van der Waals surface area contributed by atoms with Crippen LogP contribution in [0.3, 0.4) is 0 Å². The molecule has 1 aliphatic heterocycles. The zero-order valence-electron chi connectivity index (χ0n) is 9.81. The second-order valence-corrected chi connectivity index (χ2v) is 4.24. The molecule has 0 aromatic heterocycles. The average Bonchev–Trinajstić information content (AvgIpc) is 2.64. The summed E-state index contributed by atoms with van der Waals surface area (Å²) in [6.45, 7) is 3.69. The maximum atomic E-state index is 11.8. The third-order valence-corrected chi connectivity index (χ3v) is 2.93. The summed E-state index contributed by atoms with van der Waals surface area (Å²) in [4.78, 5) is 14.0. The molecule has 0 radical (unpaired) electrons. The molecule has 0 aromatic rings. The second-order valence-electron chi connectivity index (χ2n) is 4.24. The molecule has 1 heterocycles. The minimum absolute atomic E-state index is 0.0219. The lowest BCUT2D eigenvalue weighted by Crippen LogP contribution is -2.44. The van der Waals surface area contributed by atoms with Crippen LogP contribution in [0.15, 0.2) is 5.16 Å². The summed E-state index contributed by atoms with van der Waals surface area (Å²) in [5.74, 6) is -0.708. The Morgan fingerprint density at radius 3 is 2.88 bits per heavy atom. The third kappa shape index (κ3) is 3.10. The van der Waals surface area contributed by atoms with Crippen LogP contribution in [0.25, 0.3) is 0 Å². The van der Waals surface area contributed by atoms with E-state index in [1.54, 1.807) is 0 Å². The Bertz CT molecular complexity index is 280. The first-order valence-electron chi connectivity index (χ1n) is 5.54. The van der Waals surface area contributed by atoms with Crippen molar-refractivity contribution in [2.75, 3.05) is 20.1 Å². The molecule has 92 valence electrons. The number of hydrogen-bond donors (Lipinski definition) is 3. The van der Waals surface area contributed by atoms with Crippen LogP contribution >= 0.6 is 0 Å². The summed E-state index contributed by atoms with van der Waals surface area (Å²) in [5.41, 5.74) is 5.46. The van der Waals surface area contributed by atoms with Crippen molar-refractivity contribution in [3.8, 4) is 0 Å². The molecule has 0 bridgehead atoms. The van der Waals surface area contributed by atoms with Gasteiger partial charge in [0.25, 0.3) is 0 Å². The normalized spacial score (nSPS) is 24.4. The van der Waals surface area contributed by atoms with Gasteiger partial charge >= 0.3 is 0 Å². The van der Waals surface area contributed by atoms with E-state index in [4.69, 9.17) is 10.9 Å². The van der Waals surface area contributed by atoms with Crippen LogP contribution in [-0.2, 0) is 4.79 Å². The molecule has 0 saturated carbocycles. The van der Waals surface area contributed by atoms with Gasteiger partial charge < -0.3 is 21.2 Å². The molecule has 0 aromatic carbocycles. The number of nitrogens with one attached hydrogen (secondary N) is 1. The van der Waals surface area contributed by atoms with E-state index in [0.29, 0.717) is 6.42 Å². The zero-order valence-corrected chi connectivity index (χ0v) is 9.81. The van der Waals surface area contributed by atoms with Gasteiger partial charge in [-0.3, -0.25) is 4.79 Å². The molecular weight excluding hydrogens is 208 g/mol. The van der Waals surface area contributed by atoms with Crippen LogP contribution in [0.5, 0.6) is 0 Å². The molecule has 1 amide bonds. The number of rotatable bonds is 4. The highest BCUT2D eigenvalue weighted by Crippen LogP contribution is 2.09. The Morgan fingerprint density at radius 1 is 1.75 bits per heavy atom. The number of likely N-dealkylation sites (N-methyl/N-ethyl adjacent to an activating group) is 1. The van der Waals surface area contributed by atoms with E-state index in [9.17, 15) is 4.79 Å². The predicted octanol–water partition coefficient (Wildman–Crippen LogP) is -0.421. The molecule has 1 saturated heterocycles.